The Morgan fingerprint density at radius 1 is 1.25 bits per heavy atom. The second-order valence-corrected chi connectivity index (χ2v) is 5.90. The molecule has 0 spiro atoms. The second kappa shape index (κ2) is 5.61. The van der Waals surface area contributed by atoms with E-state index in [1.54, 1.807) is 0 Å². The molecule has 5 heteroatoms. The SMILES string of the molecule is CCCc1nccn1-c1cc(NC)nc(C(C)(C)C)n1. The monoisotopic (exact) mass is 273 g/mol. The Morgan fingerprint density at radius 3 is 2.60 bits per heavy atom. The molecule has 0 aliphatic rings. The number of hydrogen-bond acceptors (Lipinski definition) is 4. The number of nitrogens with one attached hydrogen (secondary N) is 1. The Morgan fingerprint density at radius 2 is 2.00 bits per heavy atom. The maximum Gasteiger partial charge on any atom is 0.143 e. The third kappa shape index (κ3) is 2.98. The van der Waals surface area contributed by atoms with Gasteiger partial charge < -0.3 is 5.32 Å². The van der Waals surface area contributed by atoms with E-state index in [2.05, 4.69) is 43.0 Å². The van der Waals surface area contributed by atoms with Crippen molar-refractivity contribution < 1.29 is 0 Å². The fraction of sp³-hybridized carbons (Fsp3) is 0.533. The number of aromatic nitrogens is 4. The lowest BCUT2D eigenvalue weighted by molar-refractivity contribution is 0.543. The lowest BCUT2D eigenvalue weighted by Gasteiger charge is -2.19. The summed E-state index contributed by atoms with van der Waals surface area (Å²) in [6.45, 7) is 8.50. The molecule has 1 N–H and O–H groups in total. The van der Waals surface area contributed by atoms with Gasteiger partial charge in [0.25, 0.3) is 0 Å². The van der Waals surface area contributed by atoms with Crippen molar-refractivity contribution in [3.8, 4) is 5.82 Å². The first-order valence-corrected chi connectivity index (χ1v) is 7.05. The minimum absolute atomic E-state index is 0.0902. The molecule has 5 nitrogen and oxygen atoms in total. The Bertz CT molecular complexity index is 580. The van der Waals surface area contributed by atoms with E-state index in [0.29, 0.717) is 0 Å². The zero-order valence-electron chi connectivity index (χ0n) is 12.9. The van der Waals surface area contributed by atoms with Crippen molar-refractivity contribution in [1.29, 1.82) is 0 Å². The smallest absolute Gasteiger partial charge is 0.143 e. The molecule has 108 valence electrons. The standard InChI is InChI=1S/C15H23N5/c1-6-7-12-17-8-9-20(12)13-10-11(16-5)18-14(19-13)15(2,3)4/h8-10H,6-7H2,1-5H3,(H,16,18,19). The highest BCUT2D eigenvalue weighted by molar-refractivity contribution is 5.42. The molecule has 0 saturated carbocycles. The van der Waals surface area contributed by atoms with Gasteiger partial charge in [0.05, 0.1) is 0 Å². The van der Waals surface area contributed by atoms with Crippen LogP contribution in [-0.4, -0.2) is 26.6 Å². The molecule has 0 aliphatic heterocycles. The van der Waals surface area contributed by atoms with Crippen molar-refractivity contribution in [3.05, 3.63) is 30.1 Å². The maximum absolute atomic E-state index is 4.71. The van der Waals surface area contributed by atoms with Crippen LogP contribution in [0.15, 0.2) is 18.5 Å². The number of imidazole rings is 1. The molecule has 0 saturated heterocycles. The Labute approximate surface area is 120 Å². The molecule has 2 heterocycles. The van der Waals surface area contributed by atoms with Crippen LogP contribution < -0.4 is 5.32 Å². The van der Waals surface area contributed by atoms with Crippen molar-refractivity contribution in [2.24, 2.45) is 0 Å². The van der Waals surface area contributed by atoms with E-state index in [1.807, 2.05) is 30.1 Å². The largest absolute Gasteiger partial charge is 0.373 e. The number of nitrogens with zero attached hydrogens (tertiary/aromatic N) is 4. The first-order valence-electron chi connectivity index (χ1n) is 7.05. The zero-order chi connectivity index (χ0) is 14.8. The lowest BCUT2D eigenvalue weighted by atomic mass is 9.96. The predicted molar refractivity (Wildman–Crippen MR) is 81.4 cm³/mol. The number of hydrogen-bond donors (Lipinski definition) is 1. The lowest BCUT2D eigenvalue weighted by Crippen LogP contribution is -2.18. The van der Waals surface area contributed by atoms with Gasteiger partial charge in [0, 0.05) is 37.3 Å². The van der Waals surface area contributed by atoms with Gasteiger partial charge in [0.2, 0.25) is 0 Å². The quantitative estimate of drug-likeness (QED) is 0.930. The van der Waals surface area contributed by atoms with Crippen LogP contribution >= 0.6 is 0 Å². The first-order chi connectivity index (χ1) is 9.45. The summed E-state index contributed by atoms with van der Waals surface area (Å²) in [6, 6.07) is 1.95. The molecule has 2 aromatic heterocycles. The molecule has 0 aliphatic carbocycles. The van der Waals surface area contributed by atoms with Gasteiger partial charge in [0.1, 0.15) is 23.3 Å². The maximum atomic E-state index is 4.71. The Kier molecular flexibility index (Phi) is 4.06. The van der Waals surface area contributed by atoms with E-state index in [4.69, 9.17) is 4.98 Å². The minimum atomic E-state index is -0.0902. The van der Waals surface area contributed by atoms with E-state index in [9.17, 15) is 0 Å². The zero-order valence-corrected chi connectivity index (χ0v) is 12.9. The first kappa shape index (κ1) is 14.5. The van der Waals surface area contributed by atoms with Gasteiger partial charge in [-0.1, -0.05) is 27.7 Å². The minimum Gasteiger partial charge on any atom is -0.373 e. The third-order valence-corrected chi connectivity index (χ3v) is 3.08. The summed E-state index contributed by atoms with van der Waals surface area (Å²) in [6.07, 6.45) is 5.78. The molecule has 20 heavy (non-hydrogen) atoms. The molecule has 2 aromatic rings. The fourth-order valence-electron chi connectivity index (χ4n) is 1.97. The van der Waals surface area contributed by atoms with Crippen LogP contribution in [0.2, 0.25) is 0 Å². The van der Waals surface area contributed by atoms with Gasteiger partial charge in [-0.15, -0.1) is 0 Å². The molecule has 0 unspecified atom stereocenters. The Balaban J connectivity index is 2.53. The summed E-state index contributed by atoms with van der Waals surface area (Å²) >= 11 is 0. The van der Waals surface area contributed by atoms with Crippen LogP contribution in [0.3, 0.4) is 0 Å². The number of rotatable bonds is 4. The highest BCUT2D eigenvalue weighted by atomic mass is 15.2. The van der Waals surface area contributed by atoms with E-state index >= 15 is 0 Å². The molecule has 0 fully saturated rings. The topological polar surface area (TPSA) is 55.6 Å². The fourth-order valence-corrected chi connectivity index (χ4v) is 1.97. The van der Waals surface area contributed by atoms with Gasteiger partial charge in [-0.05, 0) is 6.42 Å². The molecular weight excluding hydrogens is 250 g/mol. The van der Waals surface area contributed by atoms with Gasteiger partial charge in [-0.3, -0.25) is 4.57 Å². The van der Waals surface area contributed by atoms with Crippen LogP contribution in [-0.2, 0) is 11.8 Å². The second-order valence-electron chi connectivity index (χ2n) is 5.90. The van der Waals surface area contributed by atoms with Crippen molar-refractivity contribution >= 4 is 5.82 Å². The van der Waals surface area contributed by atoms with E-state index in [1.165, 1.54) is 0 Å². The highest BCUT2D eigenvalue weighted by Crippen LogP contribution is 2.22. The van der Waals surface area contributed by atoms with Gasteiger partial charge in [-0.2, -0.15) is 0 Å². The summed E-state index contributed by atoms with van der Waals surface area (Å²) in [4.78, 5) is 13.7. The van der Waals surface area contributed by atoms with Gasteiger partial charge >= 0.3 is 0 Å². The van der Waals surface area contributed by atoms with Crippen molar-refractivity contribution in [2.45, 2.75) is 46.0 Å². The van der Waals surface area contributed by atoms with Crippen LogP contribution in [0.1, 0.15) is 45.8 Å². The number of anilines is 1. The molecule has 2 rings (SSSR count). The van der Waals surface area contributed by atoms with Gasteiger partial charge in [-0.25, -0.2) is 15.0 Å². The molecule has 0 bridgehead atoms. The van der Waals surface area contributed by atoms with Crippen molar-refractivity contribution in [3.63, 3.8) is 0 Å². The van der Waals surface area contributed by atoms with E-state index < -0.39 is 0 Å². The van der Waals surface area contributed by atoms with Crippen LogP contribution in [0, 0.1) is 0 Å². The summed E-state index contributed by atoms with van der Waals surface area (Å²) in [5.41, 5.74) is -0.0902. The predicted octanol–water partition coefficient (Wildman–Crippen LogP) is 2.95. The molecule has 0 aromatic carbocycles. The third-order valence-electron chi connectivity index (χ3n) is 3.08. The summed E-state index contributed by atoms with van der Waals surface area (Å²) in [7, 11) is 1.87. The average molecular weight is 273 g/mol. The van der Waals surface area contributed by atoms with Crippen LogP contribution in [0.25, 0.3) is 5.82 Å². The van der Waals surface area contributed by atoms with Crippen molar-refractivity contribution in [1.82, 2.24) is 19.5 Å². The molecule has 0 radical (unpaired) electrons. The van der Waals surface area contributed by atoms with Crippen LogP contribution in [0.5, 0.6) is 0 Å². The normalized spacial score (nSPS) is 11.7. The average Bonchev–Trinajstić information content (AvgIpc) is 2.86. The van der Waals surface area contributed by atoms with Gasteiger partial charge in [0.15, 0.2) is 0 Å². The van der Waals surface area contributed by atoms with E-state index in [0.717, 1.165) is 36.1 Å². The van der Waals surface area contributed by atoms with Crippen molar-refractivity contribution in [2.75, 3.05) is 12.4 Å². The number of aryl methyl sites for hydroxylation is 1. The highest BCUT2D eigenvalue weighted by Gasteiger charge is 2.20. The molecule has 0 atom stereocenters. The van der Waals surface area contributed by atoms with Crippen LogP contribution in [0.4, 0.5) is 5.82 Å². The van der Waals surface area contributed by atoms with E-state index in [-0.39, 0.29) is 5.41 Å². The summed E-state index contributed by atoms with van der Waals surface area (Å²) in [5.74, 6) is 3.56. The molecular formula is C15H23N5. The molecule has 0 amide bonds. The summed E-state index contributed by atoms with van der Waals surface area (Å²) < 4.78 is 2.04. The summed E-state index contributed by atoms with van der Waals surface area (Å²) in [5, 5.41) is 3.11. The Hall–Kier alpha value is -1.91.